The molecule has 4 rings (SSSR count). The predicted octanol–water partition coefficient (Wildman–Crippen LogP) is 7.07. The van der Waals surface area contributed by atoms with Gasteiger partial charge in [-0.3, -0.25) is 0 Å². The maximum absolute atomic E-state index is 15.0. The average molecular weight is 705 g/mol. The summed E-state index contributed by atoms with van der Waals surface area (Å²) in [5, 5.41) is 9.60. The first-order valence-electron chi connectivity index (χ1n) is 11.3. The second-order valence-electron chi connectivity index (χ2n) is 8.20. The van der Waals surface area contributed by atoms with E-state index in [-0.39, 0.29) is 11.5 Å². The SMILES string of the molecule is C=IC(F)(F)c1ccc(F)c(NC(=O)Nc2ccc(-c3cc(CCCCBr)n4ncnc(N)c34)cc2F)c1. The van der Waals surface area contributed by atoms with E-state index in [2.05, 4.69) is 41.2 Å². The molecule has 0 aliphatic heterocycles. The van der Waals surface area contributed by atoms with E-state index in [1.54, 1.807) is 10.6 Å². The van der Waals surface area contributed by atoms with Crippen LogP contribution in [0.1, 0.15) is 24.1 Å². The van der Waals surface area contributed by atoms with Crippen LogP contribution in [0.3, 0.4) is 0 Å². The number of nitrogens with zero attached hydrogens (tertiary/aromatic N) is 3. The van der Waals surface area contributed by atoms with Crippen LogP contribution in [0.2, 0.25) is 0 Å². The number of amides is 2. The first kappa shape index (κ1) is 28.0. The molecule has 0 fully saturated rings. The summed E-state index contributed by atoms with van der Waals surface area (Å²) in [4.78, 5) is 16.5. The number of urea groups is 1. The number of halogens is 6. The quantitative estimate of drug-likeness (QED) is 0.0752. The lowest BCUT2D eigenvalue weighted by Gasteiger charge is -2.14. The van der Waals surface area contributed by atoms with Crippen molar-refractivity contribution in [1.82, 2.24) is 14.6 Å². The lowest BCUT2D eigenvalue weighted by atomic mass is 10.1. The van der Waals surface area contributed by atoms with Gasteiger partial charge in [0.05, 0.1) is 11.4 Å². The van der Waals surface area contributed by atoms with Gasteiger partial charge in [0, 0.05) is 22.2 Å². The largest absolute Gasteiger partial charge is 0.382 e. The Labute approximate surface area is 233 Å². The second kappa shape index (κ2) is 11.8. The number of aromatic nitrogens is 3. The summed E-state index contributed by atoms with van der Waals surface area (Å²) >= 11 is 1.67. The van der Waals surface area contributed by atoms with E-state index in [9.17, 15) is 18.0 Å². The molecule has 7 nitrogen and oxygen atoms in total. The highest BCUT2D eigenvalue weighted by molar-refractivity contribution is 14.2. The number of unbranched alkanes of at least 4 members (excludes halogenated alkanes) is 1. The van der Waals surface area contributed by atoms with Gasteiger partial charge in [0.2, 0.25) is 0 Å². The molecule has 13 heteroatoms. The summed E-state index contributed by atoms with van der Waals surface area (Å²) in [6.45, 7) is 0. The van der Waals surface area contributed by atoms with E-state index in [1.807, 2.05) is 6.07 Å². The molecule has 200 valence electrons. The molecular weight excluding hydrogens is 683 g/mol. The summed E-state index contributed by atoms with van der Waals surface area (Å²) in [5.41, 5.74) is 7.54. The van der Waals surface area contributed by atoms with Gasteiger partial charge in [-0.15, -0.1) is 0 Å². The normalized spacial score (nSPS) is 11.6. The van der Waals surface area contributed by atoms with Gasteiger partial charge >= 0.3 is 9.96 Å². The lowest BCUT2D eigenvalue weighted by molar-refractivity contribution is 0.127. The number of alkyl halides is 4. The Morgan fingerprint density at radius 2 is 1.84 bits per heavy atom. The molecule has 0 aliphatic carbocycles. The van der Waals surface area contributed by atoms with Crippen LogP contribution in [-0.2, 0) is 10.4 Å². The Kier molecular flexibility index (Phi) is 8.65. The molecule has 0 bridgehead atoms. The topological polar surface area (TPSA) is 97.3 Å². The first-order valence-corrected chi connectivity index (χ1v) is 15.0. The van der Waals surface area contributed by atoms with E-state index < -0.39 is 53.6 Å². The van der Waals surface area contributed by atoms with Crippen LogP contribution in [0.15, 0.2) is 48.8 Å². The number of hydrogen-bond donors (Lipinski definition) is 3. The third kappa shape index (κ3) is 5.98. The zero-order chi connectivity index (χ0) is 27.4. The van der Waals surface area contributed by atoms with Crippen LogP contribution >= 0.6 is 36.7 Å². The van der Waals surface area contributed by atoms with Gasteiger partial charge in [0.1, 0.15) is 23.5 Å². The number of benzene rings is 2. The molecule has 2 aromatic heterocycles. The fourth-order valence-corrected chi connectivity index (χ4v) is 5.04. The minimum Gasteiger partial charge on any atom is -0.382 e. The van der Waals surface area contributed by atoms with Gasteiger partial charge < -0.3 is 16.4 Å². The maximum atomic E-state index is 15.0. The zero-order valence-electron chi connectivity index (χ0n) is 19.7. The number of hydrogen-bond acceptors (Lipinski definition) is 4. The molecule has 4 aromatic rings. The molecule has 2 amide bonds. The van der Waals surface area contributed by atoms with Gasteiger partial charge in [0.15, 0.2) is 5.82 Å². The van der Waals surface area contributed by atoms with E-state index in [0.29, 0.717) is 16.6 Å². The van der Waals surface area contributed by atoms with Gasteiger partial charge in [0.25, 0.3) is 0 Å². The van der Waals surface area contributed by atoms with Crippen molar-refractivity contribution in [3.8, 4) is 11.1 Å². The van der Waals surface area contributed by atoms with Crippen LogP contribution in [0.5, 0.6) is 0 Å². The fraction of sp³-hybridized carbons (Fsp3) is 0.200. The Balaban J connectivity index is 1.57. The van der Waals surface area contributed by atoms with Crippen molar-refractivity contribution >= 4 is 69.9 Å². The highest BCUT2D eigenvalue weighted by Gasteiger charge is 2.29. The van der Waals surface area contributed by atoms with Crippen molar-refractivity contribution < 1.29 is 22.4 Å². The van der Waals surface area contributed by atoms with E-state index in [4.69, 9.17) is 5.73 Å². The highest BCUT2D eigenvalue weighted by Crippen LogP contribution is 2.40. The summed E-state index contributed by atoms with van der Waals surface area (Å²) in [5.74, 6) is -1.44. The number of anilines is 3. The zero-order valence-corrected chi connectivity index (χ0v) is 23.5. The highest BCUT2D eigenvalue weighted by atomic mass is 127. The molecule has 0 aliphatic rings. The molecule has 0 radical (unpaired) electrons. The first-order chi connectivity index (χ1) is 18.1. The predicted molar refractivity (Wildman–Crippen MR) is 154 cm³/mol. The van der Waals surface area contributed by atoms with Crippen molar-refractivity contribution in [2.45, 2.75) is 23.2 Å². The van der Waals surface area contributed by atoms with Crippen LogP contribution in [0, 0.1) is 11.6 Å². The Morgan fingerprint density at radius 3 is 2.55 bits per heavy atom. The van der Waals surface area contributed by atoms with Crippen molar-refractivity contribution in [2.24, 2.45) is 0 Å². The van der Waals surface area contributed by atoms with E-state index in [0.717, 1.165) is 48.5 Å². The number of fused-ring (bicyclic) bond motifs is 1. The molecule has 0 saturated heterocycles. The van der Waals surface area contributed by atoms with Gasteiger partial charge in [-0.1, -0.05) is 26.5 Å². The summed E-state index contributed by atoms with van der Waals surface area (Å²) < 4.78 is 58.9. The molecule has 4 N–H and O–H groups in total. The van der Waals surface area contributed by atoms with Crippen molar-refractivity contribution in [3.05, 3.63) is 71.7 Å². The maximum Gasteiger partial charge on any atom is 0.323 e. The molecule has 0 atom stereocenters. The van der Waals surface area contributed by atoms with Crippen LogP contribution in [0.25, 0.3) is 16.6 Å². The fourth-order valence-electron chi connectivity index (χ4n) is 3.87. The van der Waals surface area contributed by atoms with Crippen molar-refractivity contribution in [3.63, 3.8) is 0 Å². The van der Waals surface area contributed by atoms with Gasteiger partial charge in [-0.05, 0) is 82.0 Å². The molecule has 0 unspecified atom stereocenters. The summed E-state index contributed by atoms with van der Waals surface area (Å²) in [7, 11) is 0. The average Bonchev–Trinajstić information content (AvgIpc) is 3.26. The van der Waals surface area contributed by atoms with Gasteiger partial charge in [-0.2, -0.15) is 13.9 Å². The number of aryl methyl sites for hydroxylation is 1. The Bertz CT molecular complexity index is 1510. The number of nitrogen functional groups attached to an aromatic ring is 1. The third-order valence-corrected chi connectivity index (χ3v) is 7.85. The van der Waals surface area contributed by atoms with Gasteiger partial charge in [-0.25, -0.2) is 23.1 Å². The van der Waals surface area contributed by atoms with Crippen LogP contribution in [0.4, 0.5) is 39.5 Å². The van der Waals surface area contributed by atoms with E-state index in [1.165, 1.54) is 18.5 Å². The minimum absolute atomic E-state index is 0.193. The van der Waals surface area contributed by atoms with Crippen molar-refractivity contribution in [1.29, 1.82) is 0 Å². The summed E-state index contributed by atoms with van der Waals surface area (Å²) in [6.07, 6.45) is 3.96. The number of nitrogens with two attached hydrogens (primary N) is 1. The van der Waals surface area contributed by atoms with Crippen molar-refractivity contribution in [2.75, 3.05) is 21.7 Å². The number of carbonyl (C=O) groups is 1. The minimum atomic E-state index is -3.19. The summed E-state index contributed by atoms with van der Waals surface area (Å²) in [6, 6.07) is 7.65. The number of carbonyl (C=O) groups excluding carboxylic acids is 1. The molecular formula is C25H22BrF4IN6O. The smallest absolute Gasteiger partial charge is 0.323 e. The van der Waals surface area contributed by atoms with Crippen LogP contribution in [-0.4, -0.2) is 30.5 Å². The molecule has 38 heavy (non-hydrogen) atoms. The molecule has 2 aromatic carbocycles. The standard InChI is InChI=1S/C25H22BrF4IN6O/c1-31-25(29,30)15-6-7-18(27)21(11-15)36-24(38)35-20-8-5-14(10-19(20)28)17-12-16(4-2-3-9-26)37-22(17)23(32)33-13-34-37/h5-8,10-13H,1-4,9H2,(H2,32,33,34)(H2,35,36,38). The molecule has 0 saturated carbocycles. The monoisotopic (exact) mass is 704 g/mol. The number of nitrogens with one attached hydrogen (secondary N) is 2. The lowest BCUT2D eigenvalue weighted by Crippen LogP contribution is -2.21. The third-order valence-electron chi connectivity index (χ3n) is 5.71. The Morgan fingerprint density at radius 1 is 1.08 bits per heavy atom. The molecule has 2 heterocycles. The second-order valence-corrected chi connectivity index (χ2v) is 11.1. The molecule has 0 spiro atoms. The van der Waals surface area contributed by atoms with E-state index >= 15 is 4.39 Å². The Hall–Kier alpha value is -3.07. The number of rotatable bonds is 9. The van der Waals surface area contributed by atoms with Crippen LogP contribution < -0.4 is 16.4 Å².